The number of nitrogens with zero attached hydrogens (tertiary/aromatic N) is 1. The van der Waals surface area contributed by atoms with Gasteiger partial charge in [-0.2, -0.15) is 0 Å². The van der Waals surface area contributed by atoms with Gasteiger partial charge in [0.2, 0.25) is 5.76 Å². The van der Waals surface area contributed by atoms with Gasteiger partial charge in [-0.3, -0.25) is 9.59 Å². The van der Waals surface area contributed by atoms with E-state index in [4.69, 9.17) is 14.4 Å². The first kappa shape index (κ1) is 13.4. The third-order valence-corrected chi connectivity index (χ3v) is 3.35. The van der Waals surface area contributed by atoms with Gasteiger partial charge in [0.25, 0.3) is 11.8 Å². The van der Waals surface area contributed by atoms with E-state index < -0.39 is 17.4 Å². The minimum absolute atomic E-state index is 0.0218. The van der Waals surface area contributed by atoms with Gasteiger partial charge in [-0.05, 0) is 18.0 Å². The molecule has 1 fully saturated rings. The highest BCUT2D eigenvalue weighted by Crippen LogP contribution is 2.33. The molecule has 0 aromatic carbocycles. The standard InChI is InChI=1S/C12H16N2O5/c1-18-9-6-8(19-14-9)11(17)13-12(7-10(15)16)4-2-3-5-12/h6H,2-5,7H2,1H3,(H,13,17)(H,15,16). The monoisotopic (exact) mass is 268 g/mol. The van der Waals surface area contributed by atoms with Crippen LogP contribution < -0.4 is 10.1 Å². The van der Waals surface area contributed by atoms with Crippen molar-refractivity contribution in [3.8, 4) is 5.88 Å². The van der Waals surface area contributed by atoms with Crippen LogP contribution in [-0.4, -0.2) is 34.8 Å². The molecule has 0 bridgehead atoms. The minimum Gasteiger partial charge on any atom is -0.481 e. The van der Waals surface area contributed by atoms with Gasteiger partial charge in [0.15, 0.2) is 0 Å². The third-order valence-electron chi connectivity index (χ3n) is 3.35. The van der Waals surface area contributed by atoms with E-state index in [0.717, 1.165) is 12.8 Å². The highest BCUT2D eigenvalue weighted by Gasteiger charge is 2.38. The molecule has 0 unspecified atom stereocenters. The molecule has 0 radical (unpaired) electrons. The number of carbonyl (C=O) groups excluding carboxylic acids is 1. The lowest BCUT2D eigenvalue weighted by Gasteiger charge is -2.27. The lowest BCUT2D eigenvalue weighted by Crippen LogP contribution is -2.47. The third kappa shape index (κ3) is 3.04. The van der Waals surface area contributed by atoms with E-state index in [-0.39, 0.29) is 18.1 Å². The summed E-state index contributed by atoms with van der Waals surface area (Å²) in [5.41, 5.74) is -0.678. The summed E-state index contributed by atoms with van der Waals surface area (Å²) in [6.45, 7) is 0. The SMILES string of the molecule is COc1cc(C(=O)NC2(CC(=O)O)CCCC2)on1. The summed E-state index contributed by atoms with van der Waals surface area (Å²) >= 11 is 0. The molecule has 7 heteroatoms. The molecule has 19 heavy (non-hydrogen) atoms. The van der Waals surface area contributed by atoms with Crippen LogP contribution in [0.1, 0.15) is 42.7 Å². The number of aromatic nitrogens is 1. The lowest BCUT2D eigenvalue weighted by atomic mass is 9.93. The Kier molecular flexibility index (Phi) is 3.73. The van der Waals surface area contributed by atoms with Crippen molar-refractivity contribution in [2.75, 3.05) is 7.11 Å². The normalized spacial score (nSPS) is 17.1. The Hall–Kier alpha value is -2.05. The summed E-state index contributed by atoms with van der Waals surface area (Å²) < 4.78 is 9.67. The van der Waals surface area contributed by atoms with Crippen LogP contribution in [0.3, 0.4) is 0 Å². The average molecular weight is 268 g/mol. The summed E-state index contributed by atoms with van der Waals surface area (Å²) in [7, 11) is 1.42. The van der Waals surface area contributed by atoms with E-state index in [0.29, 0.717) is 12.8 Å². The lowest BCUT2D eigenvalue weighted by molar-refractivity contribution is -0.138. The van der Waals surface area contributed by atoms with E-state index in [1.54, 1.807) is 0 Å². The Morgan fingerprint density at radius 3 is 2.74 bits per heavy atom. The van der Waals surface area contributed by atoms with Gasteiger partial charge in [0, 0.05) is 0 Å². The second kappa shape index (κ2) is 5.29. The van der Waals surface area contributed by atoms with Gasteiger partial charge in [0.1, 0.15) is 0 Å². The number of amides is 1. The summed E-state index contributed by atoms with van der Waals surface area (Å²) in [6.07, 6.45) is 3.07. The number of methoxy groups -OCH3 is 1. The van der Waals surface area contributed by atoms with E-state index >= 15 is 0 Å². The molecule has 0 atom stereocenters. The average Bonchev–Trinajstić information content (AvgIpc) is 2.97. The zero-order valence-corrected chi connectivity index (χ0v) is 10.6. The number of nitrogens with one attached hydrogen (secondary N) is 1. The quantitative estimate of drug-likeness (QED) is 0.832. The van der Waals surface area contributed by atoms with Gasteiger partial charge < -0.3 is 19.7 Å². The highest BCUT2D eigenvalue weighted by molar-refractivity contribution is 5.92. The van der Waals surface area contributed by atoms with Crippen LogP contribution in [0.15, 0.2) is 10.6 Å². The Bertz CT molecular complexity index is 476. The first-order valence-electron chi connectivity index (χ1n) is 6.10. The maximum Gasteiger partial charge on any atom is 0.305 e. The van der Waals surface area contributed by atoms with Crippen molar-refractivity contribution in [3.05, 3.63) is 11.8 Å². The molecule has 2 rings (SSSR count). The van der Waals surface area contributed by atoms with Crippen LogP contribution in [0.25, 0.3) is 0 Å². The van der Waals surface area contributed by atoms with Crippen LogP contribution in [0.2, 0.25) is 0 Å². The topological polar surface area (TPSA) is 102 Å². The first-order chi connectivity index (χ1) is 9.04. The summed E-state index contributed by atoms with van der Waals surface area (Å²) in [5, 5.41) is 15.3. The van der Waals surface area contributed by atoms with E-state index in [1.165, 1.54) is 13.2 Å². The maximum atomic E-state index is 12.0. The molecule has 0 saturated heterocycles. The molecule has 1 aromatic heterocycles. The van der Waals surface area contributed by atoms with Crippen molar-refractivity contribution in [1.82, 2.24) is 10.5 Å². The molecule has 1 saturated carbocycles. The highest BCUT2D eigenvalue weighted by atomic mass is 16.5. The summed E-state index contributed by atoms with van der Waals surface area (Å²) in [5.74, 6) is -1.14. The summed E-state index contributed by atoms with van der Waals surface area (Å²) in [6, 6.07) is 1.37. The molecule has 1 aliphatic carbocycles. The van der Waals surface area contributed by atoms with Crippen LogP contribution in [0.5, 0.6) is 5.88 Å². The molecule has 2 N–H and O–H groups in total. The molecule has 1 aromatic rings. The van der Waals surface area contributed by atoms with Crippen molar-refractivity contribution in [2.24, 2.45) is 0 Å². The van der Waals surface area contributed by atoms with Crippen LogP contribution in [0, 0.1) is 0 Å². The van der Waals surface area contributed by atoms with Crippen molar-refractivity contribution in [3.63, 3.8) is 0 Å². The molecular weight excluding hydrogens is 252 g/mol. The molecule has 7 nitrogen and oxygen atoms in total. The first-order valence-corrected chi connectivity index (χ1v) is 6.10. The predicted octanol–water partition coefficient (Wildman–Crippen LogP) is 1.20. The van der Waals surface area contributed by atoms with Crippen molar-refractivity contribution >= 4 is 11.9 Å². The van der Waals surface area contributed by atoms with Crippen molar-refractivity contribution in [1.29, 1.82) is 0 Å². The molecule has 1 amide bonds. The van der Waals surface area contributed by atoms with Gasteiger partial charge >= 0.3 is 5.97 Å². The van der Waals surface area contributed by atoms with Crippen molar-refractivity contribution in [2.45, 2.75) is 37.6 Å². The van der Waals surface area contributed by atoms with Crippen LogP contribution >= 0.6 is 0 Å². The number of carbonyl (C=O) groups is 2. The predicted molar refractivity (Wildman–Crippen MR) is 64.0 cm³/mol. The number of rotatable bonds is 5. The molecule has 104 valence electrons. The zero-order chi connectivity index (χ0) is 13.9. The van der Waals surface area contributed by atoms with Gasteiger partial charge in [-0.25, -0.2) is 0 Å². The fourth-order valence-corrected chi connectivity index (χ4v) is 2.45. The Balaban J connectivity index is 2.08. The van der Waals surface area contributed by atoms with Crippen LogP contribution in [0.4, 0.5) is 0 Å². The Morgan fingerprint density at radius 1 is 1.53 bits per heavy atom. The molecule has 0 spiro atoms. The number of hydrogen-bond donors (Lipinski definition) is 2. The Labute approximate surface area is 109 Å². The van der Waals surface area contributed by atoms with Crippen molar-refractivity contribution < 1.29 is 24.0 Å². The molecular formula is C12H16N2O5. The fourth-order valence-electron chi connectivity index (χ4n) is 2.45. The summed E-state index contributed by atoms with van der Waals surface area (Å²) in [4.78, 5) is 22.9. The zero-order valence-electron chi connectivity index (χ0n) is 10.6. The van der Waals surface area contributed by atoms with E-state index in [9.17, 15) is 9.59 Å². The number of carboxylic acids is 1. The molecule has 1 aliphatic rings. The molecule has 1 heterocycles. The van der Waals surface area contributed by atoms with E-state index in [2.05, 4.69) is 10.5 Å². The number of ether oxygens (including phenoxy) is 1. The second-order valence-corrected chi connectivity index (χ2v) is 4.75. The van der Waals surface area contributed by atoms with E-state index in [1.807, 2.05) is 0 Å². The van der Waals surface area contributed by atoms with Gasteiger partial charge in [-0.1, -0.05) is 12.8 Å². The second-order valence-electron chi connectivity index (χ2n) is 4.75. The number of carboxylic acid groups (broad SMARTS) is 1. The maximum absolute atomic E-state index is 12.0. The van der Waals surface area contributed by atoms with Gasteiger partial charge in [0.05, 0.1) is 25.1 Å². The number of hydrogen-bond acceptors (Lipinski definition) is 5. The number of aliphatic carboxylic acids is 1. The van der Waals surface area contributed by atoms with Crippen LogP contribution in [-0.2, 0) is 4.79 Å². The molecule has 0 aliphatic heterocycles. The fraction of sp³-hybridized carbons (Fsp3) is 0.583. The smallest absolute Gasteiger partial charge is 0.305 e. The Morgan fingerprint density at radius 2 is 2.21 bits per heavy atom. The largest absolute Gasteiger partial charge is 0.481 e. The minimum atomic E-state index is -0.919. The van der Waals surface area contributed by atoms with Gasteiger partial charge in [-0.15, -0.1) is 0 Å².